The third-order valence-electron chi connectivity index (χ3n) is 1.94. The Morgan fingerprint density at radius 1 is 1.47 bits per heavy atom. The monoisotopic (exact) mass is 233 g/mol. The van der Waals surface area contributed by atoms with Crippen molar-refractivity contribution in [3.8, 4) is 0 Å². The van der Waals surface area contributed by atoms with E-state index in [1.807, 2.05) is 0 Å². The lowest BCUT2D eigenvalue weighted by molar-refractivity contribution is 0.1000. The molecule has 0 aliphatic heterocycles. The van der Waals surface area contributed by atoms with Gasteiger partial charge in [-0.05, 0) is 30.5 Å². The van der Waals surface area contributed by atoms with Crippen LogP contribution in [0.25, 0.3) is 0 Å². The summed E-state index contributed by atoms with van der Waals surface area (Å²) in [7, 11) is 0. The van der Waals surface area contributed by atoms with E-state index in [0.717, 1.165) is 6.07 Å². The molecule has 1 aromatic carbocycles. The molecule has 0 bridgehead atoms. The zero-order valence-electron chi connectivity index (χ0n) is 8.07. The minimum atomic E-state index is -0.641. The normalized spacial score (nSPS) is 9.47. The molecule has 84 valence electrons. The number of amides is 1. The van der Waals surface area contributed by atoms with Gasteiger partial charge in [-0.2, -0.15) is 0 Å². The van der Waals surface area contributed by atoms with Gasteiger partial charge in [0.25, 0.3) is 0 Å². The lowest BCUT2D eigenvalue weighted by atomic mass is 10.1. The lowest BCUT2D eigenvalue weighted by Crippen LogP contribution is -2.11. The summed E-state index contributed by atoms with van der Waals surface area (Å²) in [5, 5.41) is 8.56. The second kappa shape index (κ2) is 6.37. The van der Waals surface area contributed by atoms with Gasteiger partial charge in [0.15, 0.2) is 0 Å². The van der Waals surface area contributed by atoms with E-state index < -0.39 is 11.7 Å². The molecule has 0 radical (unpaired) electrons. The molecule has 5 heteroatoms. The van der Waals surface area contributed by atoms with Gasteiger partial charge in [-0.1, -0.05) is 6.07 Å². The standard InChI is InChI=1S/C10H12FNO2.ClH/c11-9-6-8(10(12)14)4-3-7(9)2-1-5-13;/h3-4,6,13H,1-2,5H2,(H2,12,14);1H. The summed E-state index contributed by atoms with van der Waals surface area (Å²) in [6.45, 7) is 0.0248. The van der Waals surface area contributed by atoms with E-state index in [4.69, 9.17) is 10.8 Å². The van der Waals surface area contributed by atoms with Gasteiger partial charge >= 0.3 is 0 Å². The molecule has 0 aliphatic carbocycles. The Hall–Kier alpha value is -1.13. The van der Waals surface area contributed by atoms with Crippen molar-refractivity contribution in [1.29, 1.82) is 0 Å². The maximum atomic E-state index is 13.2. The average molecular weight is 234 g/mol. The molecule has 0 heterocycles. The molecule has 1 amide bonds. The molecule has 0 fully saturated rings. The third kappa shape index (κ3) is 3.85. The van der Waals surface area contributed by atoms with Gasteiger partial charge in [-0.15, -0.1) is 12.4 Å². The van der Waals surface area contributed by atoms with E-state index >= 15 is 0 Å². The van der Waals surface area contributed by atoms with E-state index in [9.17, 15) is 9.18 Å². The van der Waals surface area contributed by atoms with Gasteiger partial charge in [-0.25, -0.2) is 4.39 Å². The number of carbonyl (C=O) groups is 1. The highest BCUT2D eigenvalue weighted by Gasteiger charge is 2.06. The zero-order chi connectivity index (χ0) is 10.6. The van der Waals surface area contributed by atoms with Crippen LogP contribution in [0.4, 0.5) is 4.39 Å². The number of hydrogen-bond acceptors (Lipinski definition) is 2. The molecule has 1 aromatic rings. The second-order valence-corrected chi connectivity index (χ2v) is 3.00. The van der Waals surface area contributed by atoms with E-state index in [1.165, 1.54) is 12.1 Å². The summed E-state index contributed by atoms with van der Waals surface area (Å²) in [6.07, 6.45) is 0.966. The van der Waals surface area contributed by atoms with Gasteiger partial charge in [0.1, 0.15) is 5.82 Å². The van der Waals surface area contributed by atoms with Crippen molar-refractivity contribution in [3.63, 3.8) is 0 Å². The van der Waals surface area contributed by atoms with Crippen molar-refractivity contribution in [2.45, 2.75) is 12.8 Å². The molecule has 0 saturated heterocycles. The number of aryl methyl sites for hydroxylation is 1. The Labute approximate surface area is 93.5 Å². The first-order valence-electron chi connectivity index (χ1n) is 4.34. The quantitative estimate of drug-likeness (QED) is 0.823. The SMILES string of the molecule is Cl.NC(=O)c1ccc(CCCO)c(F)c1. The molecule has 0 atom stereocenters. The fourth-order valence-corrected chi connectivity index (χ4v) is 1.17. The smallest absolute Gasteiger partial charge is 0.248 e. The van der Waals surface area contributed by atoms with E-state index in [1.54, 1.807) is 0 Å². The number of primary amides is 1. The Kier molecular flexibility index (Phi) is 5.89. The molecule has 0 spiro atoms. The van der Waals surface area contributed by atoms with Gasteiger partial charge in [-0.3, -0.25) is 4.79 Å². The van der Waals surface area contributed by atoms with Crippen LogP contribution < -0.4 is 5.73 Å². The Morgan fingerprint density at radius 3 is 2.60 bits per heavy atom. The third-order valence-corrected chi connectivity index (χ3v) is 1.94. The molecule has 0 aliphatic rings. The van der Waals surface area contributed by atoms with Crippen molar-refractivity contribution in [3.05, 3.63) is 35.1 Å². The van der Waals surface area contributed by atoms with Crippen LogP contribution in [0.5, 0.6) is 0 Å². The van der Waals surface area contributed by atoms with Crippen molar-refractivity contribution in [2.75, 3.05) is 6.61 Å². The van der Waals surface area contributed by atoms with Gasteiger partial charge in [0.05, 0.1) is 0 Å². The fourth-order valence-electron chi connectivity index (χ4n) is 1.17. The van der Waals surface area contributed by atoms with Gasteiger partial charge in [0.2, 0.25) is 5.91 Å². The summed E-state index contributed by atoms with van der Waals surface area (Å²) in [6, 6.07) is 4.12. The summed E-state index contributed by atoms with van der Waals surface area (Å²) >= 11 is 0. The molecule has 0 saturated carbocycles. The number of aliphatic hydroxyl groups is 1. The van der Waals surface area contributed by atoms with Crippen LogP contribution in [-0.4, -0.2) is 17.6 Å². The molecular weight excluding hydrogens is 221 g/mol. The fraction of sp³-hybridized carbons (Fsp3) is 0.300. The molecule has 3 nitrogen and oxygen atoms in total. The predicted octanol–water partition coefficient (Wildman–Crippen LogP) is 1.27. The molecule has 0 aromatic heterocycles. The molecule has 15 heavy (non-hydrogen) atoms. The molecule has 1 rings (SSSR count). The van der Waals surface area contributed by atoms with Crippen molar-refractivity contribution in [2.24, 2.45) is 5.73 Å². The molecule has 0 unspecified atom stereocenters. The van der Waals surface area contributed by atoms with Crippen LogP contribution in [0.15, 0.2) is 18.2 Å². The number of carbonyl (C=O) groups excluding carboxylic acids is 1. The summed E-state index contributed by atoms with van der Waals surface area (Å²) in [4.78, 5) is 10.7. The number of halogens is 2. The maximum Gasteiger partial charge on any atom is 0.248 e. The predicted molar refractivity (Wildman–Crippen MR) is 57.6 cm³/mol. The largest absolute Gasteiger partial charge is 0.396 e. The van der Waals surface area contributed by atoms with Crippen molar-refractivity contribution < 1.29 is 14.3 Å². The molecular formula is C10H13ClFNO2. The number of hydrogen-bond donors (Lipinski definition) is 2. The number of aliphatic hydroxyl groups excluding tert-OH is 1. The van der Waals surface area contributed by atoms with Gasteiger partial charge < -0.3 is 10.8 Å². The average Bonchev–Trinajstić information content (AvgIpc) is 2.15. The van der Waals surface area contributed by atoms with Crippen LogP contribution in [0.3, 0.4) is 0 Å². The van der Waals surface area contributed by atoms with Gasteiger partial charge in [0, 0.05) is 12.2 Å². The van der Waals surface area contributed by atoms with Crippen LogP contribution in [0.1, 0.15) is 22.3 Å². The first-order valence-corrected chi connectivity index (χ1v) is 4.34. The van der Waals surface area contributed by atoms with Crippen molar-refractivity contribution in [1.82, 2.24) is 0 Å². The van der Waals surface area contributed by atoms with E-state index in [-0.39, 0.29) is 24.6 Å². The second-order valence-electron chi connectivity index (χ2n) is 3.00. The Morgan fingerprint density at radius 2 is 2.13 bits per heavy atom. The van der Waals surface area contributed by atoms with Crippen LogP contribution in [0, 0.1) is 5.82 Å². The van der Waals surface area contributed by atoms with E-state index in [0.29, 0.717) is 18.4 Å². The van der Waals surface area contributed by atoms with Crippen LogP contribution in [-0.2, 0) is 6.42 Å². The Bertz CT molecular complexity index is 344. The minimum absolute atomic E-state index is 0. The zero-order valence-corrected chi connectivity index (χ0v) is 8.89. The number of rotatable bonds is 4. The molecule has 3 N–H and O–H groups in total. The highest BCUT2D eigenvalue weighted by Crippen LogP contribution is 2.11. The highest BCUT2D eigenvalue weighted by atomic mass is 35.5. The highest BCUT2D eigenvalue weighted by molar-refractivity contribution is 5.92. The lowest BCUT2D eigenvalue weighted by Gasteiger charge is -2.03. The van der Waals surface area contributed by atoms with E-state index in [2.05, 4.69) is 0 Å². The van der Waals surface area contributed by atoms with Crippen molar-refractivity contribution >= 4 is 18.3 Å². The first-order chi connectivity index (χ1) is 6.65. The maximum absolute atomic E-state index is 13.2. The van der Waals surface area contributed by atoms with Crippen LogP contribution >= 0.6 is 12.4 Å². The minimum Gasteiger partial charge on any atom is -0.396 e. The first kappa shape index (κ1) is 13.9. The van der Waals surface area contributed by atoms with Crippen LogP contribution in [0.2, 0.25) is 0 Å². The summed E-state index contributed by atoms with van der Waals surface area (Å²) in [5.41, 5.74) is 5.64. The number of nitrogens with two attached hydrogens (primary N) is 1. The summed E-state index contributed by atoms with van der Waals surface area (Å²) < 4.78 is 13.2. The number of benzene rings is 1. The summed E-state index contributed by atoms with van der Waals surface area (Å²) in [5.74, 6) is -1.09. The topological polar surface area (TPSA) is 63.3 Å². The Balaban J connectivity index is 0.00000196.